The smallest absolute Gasteiger partial charge is 0.220 e. The Labute approximate surface area is 149 Å². The van der Waals surface area contributed by atoms with Crippen molar-refractivity contribution < 1.29 is 9.53 Å². The summed E-state index contributed by atoms with van der Waals surface area (Å²) in [4.78, 5) is 16.5. The lowest BCUT2D eigenvalue weighted by molar-refractivity contribution is -0.123. The van der Waals surface area contributed by atoms with Gasteiger partial charge in [-0.05, 0) is 41.7 Å². The number of nitrogens with zero attached hydrogens (tertiary/aromatic N) is 1. The molecule has 0 unspecified atom stereocenters. The lowest BCUT2D eigenvalue weighted by atomic mass is 9.92. The normalized spacial score (nSPS) is 16.2. The molecule has 0 radical (unpaired) electrons. The molecule has 4 nitrogen and oxygen atoms in total. The van der Waals surface area contributed by atoms with Crippen LogP contribution in [0.3, 0.4) is 0 Å². The van der Waals surface area contributed by atoms with E-state index in [4.69, 9.17) is 4.74 Å². The summed E-state index contributed by atoms with van der Waals surface area (Å²) in [5, 5.41) is 3.01. The number of aryl methyl sites for hydroxylation is 1. The van der Waals surface area contributed by atoms with Crippen LogP contribution in [-0.2, 0) is 11.2 Å². The van der Waals surface area contributed by atoms with Crippen LogP contribution in [0.1, 0.15) is 38.3 Å². The molecule has 0 saturated heterocycles. The molecule has 0 saturated carbocycles. The Kier molecular flexibility index (Phi) is 4.80. The second kappa shape index (κ2) is 6.87. The minimum atomic E-state index is -0.0248. The number of benzene rings is 1. The van der Waals surface area contributed by atoms with Gasteiger partial charge < -0.3 is 10.1 Å². The Morgan fingerprint density at radius 1 is 1.32 bits per heavy atom. The standard InChI is InChI=1S/C21H26N2O2/c1-14-9-15-11-16(13-23-19(24)12-21(2,3)4)25-20(15)17(10-14)18-7-5-6-8-22-18/h5-10,16H,11-13H2,1-4H3,(H,23,24)/t16-/m0/s1. The fourth-order valence-corrected chi connectivity index (χ4v) is 3.19. The van der Waals surface area contributed by atoms with Gasteiger partial charge in [0, 0.05) is 24.6 Å². The van der Waals surface area contributed by atoms with Crippen molar-refractivity contribution >= 4 is 5.91 Å². The minimum Gasteiger partial charge on any atom is -0.487 e. The molecule has 4 heteroatoms. The Morgan fingerprint density at radius 2 is 2.12 bits per heavy atom. The highest BCUT2D eigenvalue weighted by atomic mass is 16.5. The molecule has 1 aliphatic rings. The van der Waals surface area contributed by atoms with Gasteiger partial charge in [0.1, 0.15) is 11.9 Å². The number of rotatable bonds is 4. The Hall–Kier alpha value is -2.36. The summed E-state index contributed by atoms with van der Waals surface area (Å²) in [6.45, 7) is 8.82. The molecule has 2 aromatic rings. The zero-order valence-corrected chi connectivity index (χ0v) is 15.4. The third-order valence-electron chi connectivity index (χ3n) is 4.20. The van der Waals surface area contributed by atoms with E-state index in [1.54, 1.807) is 6.20 Å². The van der Waals surface area contributed by atoms with Crippen molar-refractivity contribution in [3.05, 3.63) is 47.7 Å². The summed E-state index contributed by atoms with van der Waals surface area (Å²) >= 11 is 0. The molecule has 0 aliphatic carbocycles. The van der Waals surface area contributed by atoms with E-state index in [0.29, 0.717) is 13.0 Å². The number of pyridine rings is 1. The molecule has 1 N–H and O–H groups in total. The van der Waals surface area contributed by atoms with E-state index in [9.17, 15) is 4.79 Å². The monoisotopic (exact) mass is 338 g/mol. The molecule has 1 amide bonds. The predicted molar refractivity (Wildman–Crippen MR) is 99.6 cm³/mol. The number of carbonyl (C=O) groups excluding carboxylic acids is 1. The van der Waals surface area contributed by atoms with Crippen molar-refractivity contribution in [3.63, 3.8) is 0 Å². The number of fused-ring (bicyclic) bond motifs is 1. The van der Waals surface area contributed by atoms with Crippen LogP contribution in [0.15, 0.2) is 36.5 Å². The maximum absolute atomic E-state index is 12.1. The number of aromatic nitrogens is 1. The predicted octanol–water partition coefficient (Wildman–Crippen LogP) is 3.91. The first-order valence-corrected chi connectivity index (χ1v) is 8.80. The molecule has 3 rings (SSSR count). The number of amides is 1. The molecule has 2 heterocycles. The molecular weight excluding hydrogens is 312 g/mol. The van der Waals surface area contributed by atoms with Gasteiger partial charge in [0.05, 0.1) is 12.2 Å². The summed E-state index contributed by atoms with van der Waals surface area (Å²) in [7, 11) is 0. The highest BCUT2D eigenvalue weighted by molar-refractivity contribution is 5.76. The van der Waals surface area contributed by atoms with Gasteiger partial charge in [-0.1, -0.05) is 32.9 Å². The molecule has 1 aromatic heterocycles. The van der Waals surface area contributed by atoms with E-state index in [0.717, 1.165) is 23.4 Å². The van der Waals surface area contributed by atoms with Crippen LogP contribution in [0.5, 0.6) is 5.75 Å². The van der Waals surface area contributed by atoms with E-state index in [2.05, 4.69) is 50.1 Å². The van der Waals surface area contributed by atoms with E-state index < -0.39 is 0 Å². The van der Waals surface area contributed by atoms with E-state index in [1.165, 1.54) is 11.1 Å². The molecule has 1 atom stereocenters. The number of carbonyl (C=O) groups is 1. The van der Waals surface area contributed by atoms with Crippen LogP contribution < -0.4 is 10.1 Å². The molecular formula is C21H26N2O2. The third kappa shape index (κ3) is 4.38. The molecule has 1 aromatic carbocycles. The molecule has 132 valence electrons. The van der Waals surface area contributed by atoms with Gasteiger partial charge in [-0.15, -0.1) is 0 Å². The van der Waals surface area contributed by atoms with Gasteiger partial charge in [0.2, 0.25) is 5.91 Å². The van der Waals surface area contributed by atoms with Crippen molar-refractivity contribution in [1.29, 1.82) is 0 Å². The third-order valence-corrected chi connectivity index (χ3v) is 4.20. The zero-order valence-electron chi connectivity index (χ0n) is 15.4. The first-order chi connectivity index (χ1) is 11.8. The van der Waals surface area contributed by atoms with Crippen molar-refractivity contribution in [3.8, 4) is 17.0 Å². The number of ether oxygens (including phenoxy) is 1. The van der Waals surface area contributed by atoms with Crippen LogP contribution >= 0.6 is 0 Å². The van der Waals surface area contributed by atoms with Crippen LogP contribution in [0.4, 0.5) is 0 Å². The fraction of sp³-hybridized carbons (Fsp3) is 0.429. The van der Waals surface area contributed by atoms with Gasteiger partial charge in [-0.2, -0.15) is 0 Å². The molecule has 1 aliphatic heterocycles. The van der Waals surface area contributed by atoms with Crippen molar-refractivity contribution in [2.75, 3.05) is 6.54 Å². The van der Waals surface area contributed by atoms with Gasteiger partial charge in [0.25, 0.3) is 0 Å². The first-order valence-electron chi connectivity index (χ1n) is 8.80. The Morgan fingerprint density at radius 3 is 2.80 bits per heavy atom. The van der Waals surface area contributed by atoms with E-state index in [1.807, 2.05) is 18.2 Å². The van der Waals surface area contributed by atoms with Crippen LogP contribution in [0, 0.1) is 12.3 Å². The number of nitrogens with one attached hydrogen (secondary N) is 1. The van der Waals surface area contributed by atoms with Gasteiger partial charge in [0.15, 0.2) is 0 Å². The van der Waals surface area contributed by atoms with Gasteiger partial charge in [-0.3, -0.25) is 9.78 Å². The summed E-state index contributed by atoms with van der Waals surface area (Å²) in [6.07, 6.45) is 3.10. The lowest BCUT2D eigenvalue weighted by Crippen LogP contribution is -2.36. The highest BCUT2D eigenvalue weighted by Gasteiger charge is 2.27. The van der Waals surface area contributed by atoms with E-state index >= 15 is 0 Å². The van der Waals surface area contributed by atoms with Gasteiger partial charge >= 0.3 is 0 Å². The molecule has 0 fully saturated rings. The average molecular weight is 338 g/mol. The Bertz CT molecular complexity index is 763. The quantitative estimate of drug-likeness (QED) is 0.919. The topological polar surface area (TPSA) is 51.2 Å². The van der Waals surface area contributed by atoms with Crippen LogP contribution in [-0.4, -0.2) is 23.5 Å². The summed E-state index contributed by atoms with van der Waals surface area (Å²) < 4.78 is 6.17. The zero-order chi connectivity index (χ0) is 18.0. The van der Waals surface area contributed by atoms with Crippen molar-refractivity contribution in [2.45, 2.75) is 46.6 Å². The summed E-state index contributed by atoms with van der Waals surface area (Å²) in [6, 6.07) is 10.2. The first kappa shape index (κ1) is 17.5. The fourth-order valence-electron chi connectivity index (χ4n) is 3.19. The maximum atomic E-state index is 12.1. The van der Waals surface area contributed by atoms with Crippen LogP contribution in [0.25, 0.3) is 11.3 Å². The maximum Gasteiger partial charge on any atom is 0.220 e. The lowest BCUT2D eigenvalue weighted by Gasteiger charge is -2.18. The second-order valence-electron chi connectivity index (χ2n) is 8.00. The number of hydrogen-bond donors (Lipinski definition) is 1. The second-order valence-corrected chi connectivity index (χ2v) is 8.00. The SMILES string of the molecule is Cc1cc2c(c(-c3ccccn3)c1)O[C@H](CNC(=O)CC(C)(C)C)C2. The van der Waals surface area contributed by atoms with Crippen LogP contribution in [0.2, 0.25) is 0 Å². The Balaban J connectivity index is 1.72. The molecule has 0 bridgehead atoms. The van der Waals surface area contributed by atoms with Crippen molar-refractivity contribution in [2.24, 2.45) is 5.41 Å². The number of hydrogen-bond acceptors (Lipinski definition) is 3. The summed E-state index contributed by atoms with van der Waals surface area (Å²) in [5.74, 6) is 0.979. The van der Waals surface area contributed by atoms with Crippen molar-refractivity contribution in [1.82, 2.24) is 10.3 Å². The van der Waals surface area contributed by atoms with E-state index in [-0.39, 0.29) is 17.4 Å². The van der Waals surface area contributed by atoms with Gasteiger partial charge in [-0.25, -0.2) is 0 Å². The molecule has 0 spiro atoms. The highest BCUT2D eigenvalue weighted by Crippen LogP contribution is 2.39. The average Bonchev–Trinajstić information content (AvgIpc) is 2.94. The largest absolute Gasteiger partial charge is 0.487 e. The summed E-state index contributed by atoms with van der Waals surface area (Å²) in [5.41, 5.74) is 4.32. The minimum absolute atomic E-state index is 0.00710. The molecule has 25 heavy (non-hydrogen) atoms.